The van der Waals surface area contributed by atoms with Gasteiger partial charge in [-0.1, -0.05) is 0 Å². The maximum atomic E-state index is 15.8. The number of aldehydes is 1. The molecular weight excluding hydrogens is 515 g/mol. The number of hydrogen-bond donors (Lipinski definition) is 2. The molecular formula is C28H29FN8O3. The Bertz CT molecular complexity index is 1480. The molecule has 0 atom stereocenters. The number of carbonyl (C=O) groups excluding carboxylic acids is 3. The lowest BCUT2D eigenvalue weighted by Crippen LogP contribution is -2.63. The van der Waals surface area contributed by atoms with Gasteiger partial charge in [0.25, 0.3) is 0 Å². The number of piperazine rings is 1. The topological polar surface area (TPSA) is 135 Å². The van der Waals surface area contributed by atoms with Crippen LogP contribution in [-0.4, -0.2) is 76.3 Å². The summed E-state index contributed by atoms with van der Waals surface area (Å²) in [5.74, 6) is 1.06. The first-order valence-corrected chi connectivity index (χ1v) is 13.6. The quantitative estimate of drug-likeness (QED) is 0.530. The Morgan fingerprint density at radius 3 is 2.67 bits per heavy atom. The third kappa shape index (κ3) is 3.83. The van der Waals surface area contributed by atoms with Gasteiger partial charge in [0.2, 0.25) is 5.91 Å². The van der Waals surface area contributed by atoms with E-state index in [9.17, 15) is 19.6 Å². The number of urea groups is 1. The summed E-state index contributed by atoms with van der Waals surface area (Å²) < 4.78 is 15.8. The van der Waals surface area contributed by atoms with Gasteiger partial charge in [-0.15, -0.1) is 0 Å². The van der Waals surface area contributed by atoms with Crippen LogP contribution in [0.25, 0.3) is 0 Å². The van der Waals surface area contributed by atoms with Gasteiger partial charge in [0.1, 0.15) is 29.1 Å². The van der Waals surface area contributed by atoms with Crippen LogP contribution in [0.15, 0.2) is 18.3 Å². The molecule has 7 aliphatic rings. The molecule has 0 aromatic carbocycles. The summed E-state index contributed by atoms with van der Waals surface area (Å²) in [6.45, 7) is 1.63. The van der Waals surface area contributed by atoms with E-state index in [1.165, 1.54) is 11.1 Å². The second kappa shape index (κ2) is 8.69. The van der Waals surface area contributed by atoms with Crippen molar-refractivity contribution in [2.24, 2.45) is 5.92 Å². The van der Waals surface area contributed by atoms with Crippen molar-refractivity contribution in [3.05, 3.63) is 40.7 Å². The highest BCUT2D eigenvalue weighted by Crippen LogP contribution is 2.59. The van der Waals surface area contributed by atoms with Gasteiger partial charge in [0, 0.05) is 67.4 Å². The molecule has 5 heterocycles. The predicted molar refractivity (Wildman–Crippen MR) is 142 cm³/mol. The number of anilines is 3. The van der Waals surface area contributed by atoms with Gasteiger partial charge >= 0.3 is 6.03 Å². The summed E-state index contributed by atoms with van der Waals surface area (Å²) in [6.07, 6.45) is 5.50. The van der Waals surface area contributed by atoms with Crippen LogP contribution in [-0.2, 0) is 17.0 Å². The second-order valence-corrected chi connectivity index (χ2v) is 12.0. The number of amides is 3. The predicted octanol–water partition coefficient (Wildman–Crippen LogP) is 2.78. The molecule has 2 aromatic heterocycles. The third-order valence-corrected chi connectivity index (χ3v) is 9.21. The number of alkyl halides is 1. The number of nitrogens with zero attached hydrogens (tertiary/aromatic N) is 6. The lowest BCUT2D eigenvalue weighted by Gasteiger charge is -2.62. The van der Waals surface area contributed by atoms with Crippen molar-refractivity contribution in [2.45, 2.75) is 55.9 Å². The SMILES string of the molecule is CN1CCN(Cc2cc3c(nc2C=O)N(C(=O)Nc2cc(NC45CC(C4)C5)c(C#N)cn2)C2CC3(F)C2)C(=O)C1. The van der Waals surface area contributed by atoms with Gasteiger partial charge in [-0.05, 0) is 38.3 Å². The molecule has 4 bridgehead atoms. The Morgan fingerprint density at radius 2 is 2.02 bits per heavy atom. The van der Waals surface area contributed by atoms with Crippen LogP contribution in [0, 0.1) is 17.2 Å². The zero-order chi connectivity index (χ0) is 27.8. The number of nitriles is 1. The Balaban J connectivity index is 1.16. The summed E-state index contributed by atoms with van der Waals surface area (Å²) >= 11 is 0. The van der Waals surface area contributed by atoms with Crippen LogP contribution in [0.2, 0.25) is 0 Å². The smallest absolute Gasteiger partial charge is 0.328 e. The summed E-state index contributed by atoms with van der Waals surface area (Å²) in [7, 11) is 1.87. The van der Waals surface area contributed by atoms with Crippen molar-refractivity contribution in [3.63, 3.8) is 0 Å². The molecule has 12 heteroatoms. The molecule has 4 aliphatic carbocycles. The van der Waals surface area contributed by atoms with Crippen LogP contribution in [0.1, 0.15) is 59.3 Å². The fourth-order valence-electron chi connectivity index (χ4n) is 6.83. The Kier molecular flexibility index (Phi) is 5.41. The zero-order valence-electron chi connectivity index (χ0n) is 22.1. The van der Waals surface area contributed by atoms with Gasteiger partial charge in [-0.2, -0.15) is 5.26 Å². The van der Waals surface area contributed by atoms with Crippen molar-refractivity contribution in [3.8, 4) is 6.07 Å². The highest BCUT2D eigenvalue weighted by Gasteiger charge is 2.58. The van der Waals surface area contributed by atoms with Gasteiger partial charge in [0.15, 0.2) is 6.29 Å². The van der Waals surface area contributed by atoms with E-state index in [0.29, 0.717) is 36.2 Å². The van der Waals surface area contributed by atoms with E-state index in [0.717, 1.165) is 25.2 Å². The molecule has 206 valence electrons. The van der Waals surface area contributed by atoms with Crippen molar-refractivity contribution < 1.29 is 18.8 Å². The van der Waals surface area contributed by atoms with E-state index in [-0.39, 0.29) is 60.3 Å². The van der Waals surface area contributed by atoms with Crippen molar-refractivity contribution in [2.75, 3.05) is 42.2 Å². The largest absolute Gasteiger partial charge is 0.378 e. The van der Waals surface area contributed by atoms with Gasteiger partial charge in [-0.3, -0.25) is 24.7 Å². The van der Waals surface area contributed by atoms with Crippen molar-refractivity contribution in [1.82, 2.24) is 19.8 Å². The van der Waals surface area contributed by atoms with Crippen LogP contribution in [0.5, 0.6) is 0 Å². The first-order valence-electron chi connectivity index (χ1n) is 13.6. The summed E-state index contributed by atoms with van der Waals surface area (Å²) in [5, 5.41) is 15.8. The molecule has 3 amide bonds. The number of nitrogens with one attached hydrogen (secondary N) is 2. The van der Waals surface area contributed by atoms with E-state index in [1.807, 2.05) is 11.9 Å². The molecule has 0 unspecified atom stereocenters. The average molecular weight is 545 g/mol. The highest BCUT2D eigenvalue weighted by atomic mass is 19.1. The van der Waals surface area contributed by atoms with E-state index < -0.39 is 17.7 Å². The number of rotatable bonds is 6. The molecule has 40 heavy (non-hydrogen) atoms. The minimum atomic E-state index is -1.64. The number of halogens is 1. The molecule has 1 saturated heterocycles. The Labute approximate surface area is 230 Å². The van der Waals surface area contributed by atoms with Gasteiger partial charge in [-0.25, -0.2) is 19.2 Å². The molecule has 0 spiro atoms. The Hall–Kier alpha value is -4.11. The normalized spacial score (nSPS) is 29.8. The molecule has 4 saturated carbocycles. The first kappa shape index (κ1) is 24.9. The molecule has 9 rings (SSSR count). The number of hydrogen-bond acceptors (Lipinski definition) is 8. The lowest BCUT2D eigenvalue weighted by atomic mass is 9.50. The van der Waals surface area contributed by atoms with Crippen LogP contribution < -0.4 is 15.5 Å². The van der Waals surface area contributed by atoms with Gasteiger partial charge in [0.05, 0.1) is 17.8 Å². The number of likely N-dealkylation sites (N-methyl/N-ethyl adjacent to an activating group) is 1. The maximum Gasteiger partial charge on any atom is 0.328 e. The highest BCUT2D eigenvalue weighted by molar-refractivity contribution is 6.03. The third-order valence-electron chi connectivity index (χ3n) is 9.21. The fourth-order valence-corrected chi connectivity index (χ4v) is 6.83. The first-order chi connectivity index (χ1) is 19.2. The molecule has 2 N–H and O–H groups in total. The summed E-state index contributed by atoms with van der Waals surface area (Å²) in [4.78, 5) is 51.8. The van der Waals surface area contributed by atoms with Crippen LogP contribution in [0.3, 0.4) is 0 Å². The van der Waals surface area contributed by atoms with Crippen molar-refractivity contribution in [1.29, 1.82) is 5.26 Å². The molecule has 3 aliphatic heterocycles. The Morgan fingerprint density at radius 1 is 1.25 bits per heavy atom. The van der Waals surface area contributed by atoms with E-state index in [4.69, 9.17) is 0 Å². The summed E-state index contributed by atoms with van der Waals surface area (Å²) in [6, 6.07) is 4.46. The fraction of sp³-hybridized carbons (Fsp3) is 0.500. The van der Waals surface area contributed by atoms with E-state index in [1.54, 1.807) is 17.0 Å². The minimum absolute atomic E-state index is 0.0304. The van der Waals surface area contributed by atoms with Crippen LogP contribution in [0.4, 0.5) is 26.5 Å². The standard InChI is InChI=1S/C28H29FN8O3/c1-35-2-3-36(24(39)14-35)13-17-4-20-25(32-22(17)15-38)37(19-9-28(20,29)10-19)26(40)33-23-5-21(18(11-30)12-31-23)34-27-6-16(7-27)8-27/h4-5,12,15-16,19H,2-3,6-10,13-14H2,1H3,(H2,31,33,34,40). The number of carbonyl (C=O) groups is 3. The number of pyridine rings is 2. The molecule has 5 fully saturated rings. The monoisotopic (exact) mass is 544 g/mol. The van der Waals surface area contributed by atoms with E-state index in [2.05, 4.69) is 26.7 Å². The summed E-state index contributed by atoms with van der Waals surface area (Å²) in [5.41, 5.74) is 0.214. The zero-order valence-corrected chi connectivity index (χ0v) is 22.1. The van der Waals surface area contributed by atoms with E-state index >= 15 is 4.39 Å². The number of aromatic nitrogens is 2. The molecule has 0 radical (unpaired) electrons. The second-order valence-electron chi connectivity index (χ2n) is 12.0. The lowest BCUT2D eigenvalue weighted by molar-refractivity contribution is -0.136. The molecule has 2 aromatic rings. The van der Waals surface area contributed by atoms with Crippen molar-refractivity contribution >= 4 is 35.5 Å². The van der Waals surface area contributed by atoms with Crippen LogP contribution >= 0.6 is 0 Å². The average Bonchev–Trinajstić information content (AvgIpc) is 2.86. The maximum absolute atomic E-state index is 15.8. The minimum Gasteiger partial charge on any atom is -0.378 e. The van der Waals surface area contributed by atoms with Gasteiger partial charge < -0.3 is 10.2 Å². The molecule has 11 nitrogen and oxygen atoms in total.